The van der Waals surface area contributed by atoms with Crippen molar-refractivity contribution in [3.63, 3.8) is 0 Å². The first kappa shape index (κ1) is 12.8. The molecule has 0 aliphatic heterocycles. The zero-order valence-electron chi connectivity index (χ0n) is 10.6. The summed E-state index contributed by atoms with van der Waals surface area (Å²) in [7, 11) is 0. The normalized spacial score (nSPS) is 10.6. The smallest absolute Gasteiger partial charge is 0.127 e. The molecule has 0 saturated carbocycles. The molecule has 0 radical (unpaired) electrons. The molecule has 0 spiro atoms. The Morgan fingerprint density at radius 1 is 1.06 bits per heavy atom. The first-order chi connectivity index (χ1) is 8.76. The summed E-state index contributed by atoms with van der Waals surface area (Å²) >= 11 is 0. The molecule has 2 N–H and O–H groups in total. The molecule has 0 heterocycles. The van der Waals surface area contributed by atoms with Gasteiger partial charge in [0.25, 0.3) is 0 Å². The second-order valence-electron chi connectivity index (χ2n) is 4.36. The van der Waals surface area contributed by atoms with E-state index in [4.69, 9.17) is 5.73 Å². The molecule has 0 unspecified atom stereocenters. The van der Waals surface area contributed by atoms with E-state index in [0.717, 1.165) is 17.5 Å². The van der Waals surface area contributed by atoms with Crippen molar-refractivity contribution in [1.29, 1.82) is 0 Å². The van der Waals surface area contributed by atoms with Crippen LogP contribution < -0.4 is 5.73 Å². The molecule has 0 bridgehead atoms. The van der Waals surface area contributed by atoms with Crippen LogP contribution in [0.1, 0.15) is 18.1 Å². The highest BCUT2D eigenvalue weighted by atomic mass is 19.1. The predicted octanol–water partition coefficient (Wildman–Crippen LogP) is 3.56. The summed E-state index contributed by atoms with van der Waals surface area (Å²) in [5.74, 6) is -0.163. The summed E-state index contributed by atoms with van der Waals surface area (Å²) in [6, 6.07) is 13.5. The molecule has 2 aromatic rings. The van der Waals surface area contributed by atoms with Crippen LogP contribution in [0.3, 0.4) is 0 Å². The molecule has 0 aromatic heterocycles. The van der Waals surface area contributed by atoms with Gasteiger partial charge in [0.2, 0.25) is 0 Å². The number of benzene rings is 2. The minimum atomic E-state index is -0.163. The Balaban J connectivity index is 2.42. The van der Waals surface area contributed by atoms with Gasteiger partial charge in [0.05, 0.1) is 0 Å². The third-order valence-electron chi connectivity index (χ3n) is 3.18. The molecule has 0 fully saturated rings. The number of aryl methyl sites for hydroxylation is 1. The predicted molar refractivity (Wildman–Crippen MR) is 74.0 cm³/mol. The quantitative estimate of drug-likeness (QED) is 0.873. The van der Waals surface area contributed by atoms with Crippen LogP contribution in [0, 0.1) is 5.82 Å². The Labute approximate surface area is 107 Å². The lowest BCUT2D eigenvalue weighted by atomic mass is 9.96. The molecule has 0 aliphatic rings. The fraction of sp³-hybridized carbons (Fsp3) is 0.250. The van der Waals surface area contributed by atoms with E-state index in [-0.39, 0.29) is 5.82 Å². The molecule has 2 heteroatoms. The highest BCUT2D eigenvalue weighted by molar-refractivity contribution is 5.67. The lowest BCUT2D eigenvalue weighted by Crippen LogP contribution is -2.04. The Morgan fingerprint density at radius 2 is 1.83 bits per heavy atom. The maximum Gasteiger partial charge on any atom is 0.127 e. The lowest BCUT2D eigenvalue weighted by molar-refractivity contribution is 0.610. The molecular weight excluding hydrogens is 225 g/mol. The fourth-order valence-electron chi connectivity index (χ4n) is 2.18. The minimum absolute atomic E-state index is 0.163. The van der Waals surface area contributed by atoms with Crippen LogP contribution in [0.25, 0.3) is 11.1 Å². The van der Waals surface area contributed by atoms with Gasteiger partial charge in [-0.25, -0.2) is 4.39 Å². The molecule has 0 aliphatic carbocycles. The van der Waals surface area contributed by atoms with Crippen LogP contribution in [-0.2, 0) is 12.8 Å². The Kier molecular flexibility index (Phi) is 4.11. The maximum absolute atomic E-state index is 13.9. The second kappa shape index (κ2) is 5.78. The van der Waals surface area contributed by atoms with Crippen molar-refractivity contribution in [2.75, 3.05) is 6.54 Å². The molecule has 94 valence electrons. The van der Waals surface area contributed by atoms with Crippen molar-refractivity contribution in [3.05, 3.63) is 59.4 Å². The van der Waals surface area contributed by atoms with E-state index in [1.807, 2.05) is 30.3 Å². The Bertz CT molecular complexity index is 534. The summed E-state index contributed by atoms with van der Waals surface area (Å²) < 4.78 is 13.9. The number of hydrogen-bond donors (Lipinski definition) is 1. The van der Waals surface area contributed by atoms with Crippen molar-refractivity contribution in [2.24, 2.45) is 5.73 Å². The van der Waals surface area contributed by atoms with Gasteiger partial charge in [0.1, 0.15) is 5.82 Å². The van der Waals surface area contributed by atoms with Crippen molar-refractivity contribution in [3.8, 4) is 11.1 Å². The summed E-state index contributed by atoms with van der Waals surface area (Å²) in [5, 5.41) is 0. The van der Waals surface area contributed by atoms with Gasteiger partial charge in [0, 0.05) is 0 Å². The van der Waals surface area contributed by atoms with Crippen molar-refractivity contribution < 1.29 is 4.39 Å². The van der Waals surface area contributed by atoms with Gasteiger partial charge < -0.3 is 5.73 Å². The average Bonchev–Trinajstić information content (AvgIpc) is 2.41. The van der Waals surface area contributed by atoms with E-state index in [2.05, 4.69) is 13.0 Å². The molecule has 0 amide bonds. The largest absolute Gasteiger partial charge is 0.330 e. The van der Waals surface area contributed by atoms with E-state index in [9.17, 15) is 4.39 Å². The molecule has 2 aromatic carbocycles. The zero-order chi connectivity index (χ0) is 13.0. The second-order valence-corrected chi connectivity index (χ2v) is 4.36. The number of rotatable bonds is 4. The fourth-order valence-corrected chi connectivity index (χ4v) is 2.18. The third kappa shape index (κ3) is 2.59. The molecule has 18 heavy (non-hydrogen) atoms. The van der Waals surface area contributed by atoms with E-state index in [1.54, 1.807) is 6.07 Å². The van der Waals surface area contributed by atoms with Crippen LogP contribution >= 0.6 is 0 Å². The van der Waals surface area contributed by atoms with Gasteiger partial charge in [-0.3, -0.25) is 0 Å². The van der Waals surface area contributed by atoms with Gasteiger partial charge in [-0.15, -0.1) is 0 Å². The van der Waals surface area contributed by atoms with Crippen molar-refractivity contribution in [2.45, 2.75) is 19.8 Å². The Morgan fingerprint density at radius 3 is 2.50 bits per heavy atom. The topological polar surface area (TPSA) is 26.0 Å². The summed E-state index contributed by atoms with van der Waals surface area (Å²) in [6.07, 6.45) is 1.53. The van der Waals surface area contributed by atoms with Gasteiger partial charge in [-0.05, 0) is 47.7 Å². The third-order valence-corrected chi connectivity index (χ3v) is 3.18. The molecule has 2 rings (SSSR count). The average molecular weight is 243 g/mol. The maximum atomic E-state index is 13.9. The molecule has 1 nitrogen and oxygen atoms in total. The molecule has 0 atom stereocenters. The van der Waals surface area contributed by atoms with Crippen LogP contribution in [0.15, 0.2) is 42.5 Å². The van der Waals surface area contributed by atoms with E-state index in [0.29, 0.717) is 18.5 Å². The monoisotopic (exact) mass is 243 g/mol. The van der Waals surface area contributed by atoms with Gasteiger partial charge >= 0.3 is 0 Å². The first-order valence-corrected chi connectivity index (χ1v) is 6.33. The highest BCUT2D eigenvalue weighted by Crippen LogP contribution is 2.26. The van der Waals surface area contributed by atoms with Gasteiger partial charge in [-0.1, -0.05) is 43.3 Å². The highest BCUT2D eigenvalue weighted by Gasteiger charge is 2.07. The van der Waals surface area contributed by atoms with Crippen molar-refractivity contribution >= 4 is 0 Å². The van der Waals surface area contributed by atoms with E-state index >= 15 is 0 Å². The van der Waals surface area contributed by atoms with Crippen LogP contribution in [0.5, 0.6) is 0 Å². The standard InChI is InChI=1S/C16H18FN/c1-2-12-5-3-4-6-15(12)14-8-7-13(9-10-18)16(17)11-14/h3-8,11H,2,9-10,18H2,1H3. The van der Waals surface area contributed by atoms with E-state index < -0.39 is 0 Å². The summed E-state index contributed by atoms with van der Waals surface area (Å²) in [6.45, 7) is 2.58. The van der Waals surface area contributed by atoms with Crippen LogP contribution in [-0.4, -0.2) is 6.54 Å². The minimum Gasteiger partial charge on any atom is -0.330 e. The van der Waals surface area contributed by atoms with Gasteiger partial charge in [-0.2, -0.15) is 0 Å². The van der Waals surface area contributed by atoms with Crippen LogP contribution in [0.4, 0.5) is 4.39 Å². The number of nitrogens with two attached hydrogens (primary N) is 1. The summed E-state index contributed by atoms with van der Waals surface area (Å²) in [4.78, 5) is 0. The van der Waals surface area contributed by atoms with E-state index in [1.165, 1.54) is 5.56 Å². The first-order valence-electron chi connectivity index (χ1n) is 6.33. The SMILES string of the molecule is CCc1ccccc1-c1ccc(CCN)c(F)c1. The number of hydrogen-bond acceptors (Lipinski definition) is 1. The van der Waals surface area contributed by atoms with Crippen molar-refractivity contribution in [1.82, 2.24) is 0 Å². The van der Waals surface area contributed by atoms with Crippen LogP contribution in [0.2, 0.25) is 0 Å². The zero-order valence-corrected chi connectivity index (χ0v) is 10.6. The van der Waals surface area contributed by atoms with Gasteiger partial charge in [0.15, 0.2) is 0 Å². The number of halogens is 1. The summed E-state index contributed by atoms with van der Waals surface area (Å²) in [5.41, 5.74) is 9.43. The lowest BCUT2D eigenvalue weighted by Gasteiger charge is -2.09. The molecular formula is C16H18FN. The Hall–Kier alpha value is -1.67. The molecule has 0 saturated heterocycles.